The summed E-state index contributed by atoms with van der Waals surface area (Å²) in [4.78, 5) is 0. The molecule has 1 heterocycles. The van der Waals surface area contributed by atoms with Crippen LogP contribution in [-0.2, 0) is 23.2 Å². The van der Waals surface area contributed by atoms with Crippen LogP contribution in [0, 0.1) is 0 Å². The van der Waals surface area contributed by atoms with Gasteiger partial charge in [-0.15, -0.1) is 0 Å². The molecule has 0 aromatic heterocycles. The maximum atomic E-state index is 10.1. The zero-order chi connectivity index (χ0) is 8.70. The SMILES string of the molecule is O=[Se](=O)(O)[O][Ga]1[O][Se](=O)(=O)[O]1. The fourth-order valence-corrected chi connectivity index (χ4v) is 12.6. The Hall–Kier alpha value is 0.715. The summed E-state index contributed by atoms with van der Waals surface area (Å²) in [6.07, 6.45) is 0. The average Bonchev–Trinajstić information content (AvgIpc) is 1.53. The Balaban J connectivity index is 2.48. The van der Waals surface area contributed by atoms with Crippen LogP contribution < -0.4 is 0 Å². The van der Waals surface area contributed by atoms with Gasteiger partial charge in [0.25, 0.3) is 0 Å². The first-order valence-corrected chi connectivity index (χ1v) is 10.7. The molecule has 0 amide bonds. The Labute approximate surface area is 71.3 Å². The molecule has 1 N–H and O–H groups in total. The molecule has 0 unspecified atom stereocenters. The third-order valence-corrected chi connectivity index (χ3v) is 16.0. The van der Waals surface area contributed by atoms with Crippen molar-refractivity contribution in [1.29, 1.82) is 0 Å². The monoisotopic (exact) mass is 358 g/mol. The van der Waals surface area contributed by atoms with Crippen molar-refractivity contribution >= 4 is 44.0 Å². The summed E-state index contributed by atoms with van der Waals surface area (Å²) in [5.41, 5.74) is 0. The molecule has 1 fully saturated rings. The van der Waals surface area contributed by atoms with E-state index in [-0.39, 0.29) is 0 Å². The van der Waals surface area contributed by atoms with Crippen molar-refractivity contribution in [2.75, 3.05) is 0 Å². The molecule has 0 atom stereocenters. The quantitative estimate of drug-likeness (QED) is 0.545. The van der Waals surface area contributed by atoms with Gasteiger partial charge >= 0.3 is 71.4 Å². The van der Waals surface area contributed by atoms with Gasteiger partial charge in [0.05, 0.1) is 0 Å². The second-order valence-electron chi connectivity index (χ2n) is 1.41. The molecule has 1 aliphatic rings. The summed E-state index contributed by atoms with van der Waals surface area (Å²) in [5.74, 6) is 0. The summed E-state index contributed by atoms with van der Waals surface area (Å²) in [6, 6.07) is 0. The number of hydrogen-bond acceptors (Lipinski definition) is 7. The second-order valence-corrected chi connectivity index (χ2v) is 13.6. The van der Waals surface area contributed by atoms with E-state index in [1.165, 1.54) is 0 Å². The Bertz CT molecular complexity index is 320. The van der Waals surface area contributed by atoms with Crippen molar-refractivity contribution in [3.8, 4) is 0 Å². The van der Waals surface area contributed by atoms with Gasteiger partial charge in [-0.2, -0.15) is 0 Å². The normalized spacial score (nSPS) is 22.8. The average molecular weight is 357 g/mol. The molecule has 0 saturated carbocycles. The van der Waals surface area contributed by atoms with Crippen LogP contribution in [0.15, 0.2) is 0 Å². The molecule has 0 aromatic carbocycles. The molecule has 1 aliphatic heterocycles. The number of hydrogen-bond donors (Lipinski definition) is 1. The van der Waals surface area contributed by atoms with E-state index in [0.717, 1.165) is 0 Å². The van der Waals surface area contributed by atoms with E-state index in [1.54, 1.807) is 0 Å². The molecule has 1 rings (SSSR count). The number of rotatable bonds is 2. The molecule has 0 radical (unpaired) electrons. The van der Waals surface area contributed by atoms with Crippen molar-refractivity contribution in [3.05, 3.63) is 0 Å². The Kier molecular flexibility index (Phi) is 2.57. The van der Waals surface area contributed by atoms with Crippen LogP contribution in [0.1, 0.15) is 0 Å². The maximum absolute atomic E-state index is 10.1. The van der Waals surface area contributed by atoms with Gasteiger partial charge in [0.2, 0.25) is 0 Å². The van der Waals surface area contributed by atoms with Crippen molar-refractivity contribution in [3.63, 3.8) is 0 Å². The summed E-state index contributed by atoms with van der Waals surface area (Å²) in [6.45, 7) is 0. The first kappa shape index (κ1) is 9.80. The molecule has 0 bridgehead atoms. The first-order chi connectivity index (χ1) is 4.79. The fraction of sp³-hybridized carbons (Fsp3) is 0. The summed E-state index contributed by atoms with van der Waals surface area (Å²) >= 11 is -13.6. The summed E-state index contributed by atoms with van der Waals surface area (Å²) < 4.78 is 59.9. The van der Waals surface area contributed by atoms with Gasteiger partial charge in [0, 0.05) is 0 Å². The summed E-state index contributed by atoms with van der Waals surface area (Å²) in [7, 11) is 0. The molecule has 64 valence electrons. The molecule has 11 heavy (non-hydrogen) atoms. The van der Waals surface area contributed by atoms with Gasteiger partial charge in [0.15, 0.2) is 0 Å². The molecular formula is HGaO8Se2. The van der Waals surface area contributed by atoms with Crippen LogP contribution in [-0.4, -0.2) is 48.2 Å². The summed E-state index contributed by atoms with van der Waals surface area (Å²) in [5, 5.41) is 0. The zero-order valence-electron chi connectivity index (χ0n) is 4.70. The van der Waals surface area contributed by atoms with Crippen LogP contribution in [0.4, 0.5) is 0 Å². The van der Waals surface area contributed by atoms with E-state index in [1.807, 2.05) is 0 Å². The van der Waals surface area contributed by atoms with E-state index in [0.29, 0.717) is 0 Å². The van der Waals surface area contributed by atoms with Gasteiger partial charge in [-0.1, -0.05) is 0 Å². The molecular weight excluding hydrogens is 356 g/mol. The van der Waals surface area contributed by atoms with E-state index in [2.05, 4.69) is 7.83 Å². The van der Waals surface area contributed by atoms with E-state index in [4.69, 9.17) is 4.19 Å². The standard InChI is InChI=1S/Ga.2H2O4Se/c;2*1-5(2,3)4/h;2*(H2,1,2,3,4)/q+3;;/p-3. The zero-order valence-corrected chi connectivity index (χ0v) is 10.5. The van der Waals surface area contributed by atoms with Crippen LogP contribution >= 0.6 is 0 Å². The van der Waals surface area contributed by atoms with Crippen LogP contribution in [0.3, 0.4) is 0 Å². The molecule has 1 saturated heterocycles. The molecule has 11 heteroatoms. The van der Waals surface area contributed by atoms with Gasteiger partial charge in [0.1, 0.15) is 0 Å². The minimum atomic E-state index is -5.33. The van der Waals surface area contributed by atoms with Crippen LogP contribution in [0.5, 0.6) is 0 Å². The third-order valence-electron chi connectivity index (χ3n) is 0.593. The van der Waals surface area contributed by atoms with Crippen molar-refractivity contribution in [2.24, 2.45) is 0 Å². The van der Waals surface area contributed by atoms with Crippen LogP contribution in [0.25, 0.3) is 0 Å². The first-order valence-electron chi connectivity index (χ1n) is 2.06. The van der Waals surface area contributed by atoms with Gasteiger partial charge < -0.3 is 0 Å². The molecule has 0 aliphatic carbocycles. The van der Waals surface area contributed by atoms with E-state index >= 15 is 0 Å². The predicted octanol–water partition coefficient (Wildman–Crippen LogP) is -2.38. The van der Waals surface area contributed by atoms with Crippen molar-refractivity contribution in [1.82, 2.24) is 0 Å². The van der Waals surface area contributed by atoms with Crippen molar-refractivity contribution < 1.29 is 27.4 Å². The van der Waals surface area contributed by atoms with Gasteiger partial charge in [-0.25, -0.2) is 0 Å². The van der Waals surface area contributed by atoms with Crippen molar-refractivity contribution in [2.45, 2.75) is 0 Å². The van der Waals surface area contributed by atoms with E-state index < -0.39 is 44.0 Å². The van der Waals surface area contributed by atoms with Crippen LogP contribution in [0.2, 0.25) is 0 Å². The third kappa shape index (κ3) is 3.30. The minimum absolute atomic E-state index is 3.56. The molecule has 0 spiro atoms. The Morgan fingerprint density at radius 2 is 1.82 bits per heavy atom. The van der Waals surface area contributed by atoms with Gasteiger partial charge in [-0.3, -0.25) is 0 Å². The second kappa shape index (κ2) is 2.89. The molecule has 8 nitrogen and oxygen atoms in total. The fourth-order valence-electron chi connectivity index (χ4n) is 0.331. The Morgan fingerprint density at radius 3 is 2.09 bits per heavy atom. The molecule has 0 aromatic rings. The topological polar surface area (TPSA) is 116 Å². The van der Waals surface area contributed by atoms with E-state index in [9.17, 15) is 15.3 Å². The predicted molar refractivity (Wildman–Crippen MR) is 25.5 cm³/mol. The Morgan fingerprint density at radius 1 is 1.36 bits per heavy atom. The van der Waals surface area contributed by atoms with Gasteiger partial charge in [-0.05, 0) is 0 Å².